The summed E-state index contributed by atoms with van der Waals surface area (Å²) >= 11 is 5.85. The molecule has 0 aliphatic carbocycles. The van der Waals surface area contributed by atoms with Crippen LogP contribution in [0.3, 0.4) is 0 Å². The van der Waals surface area contributed by atoms with E-state index in [1.807, 2.05) is 13.0 Å². The van der Waals surface area contributed by atoms with Crippen molar-refractivity contribution in [2.75, 3.05) is 6.61 Å². The van der Waals surface area contributed by atoms with E-state index in [2.05, 4.69) is 4.98 Å². The maximum atomic E-state index is 14.3. The molecule has 1 aromatic heterocycles. The third-order valence-electron chi connectivity index (χ3n) is 4.11. The van der Waals surface area contributed by atoms with E-state index < -0.39 is 12.4 Å². The summed E-state index contributed by atoms with van der Waals surface area (Å²) in [4.78, 5) is 16.4. The lowest BCUT2D eigenvalue weighted by Gasteiger charge is -2.33. The van der Waals surface area contributed by atoms with Gasteiger partial charge in [0.2, 0.25) is 5.91 Å². The van der Waals surface area contributed by atoms with Crippen LogP contribution in [-0.4, -0.2) is 33.5 Å². The molecule has 114 valence electrons. The van der Waals surface area contributed by atoms with E-state index in [4.69, 9.17) is 22.0 Å². The number of fused-ring (bicyclic) bond motifs is 3. The van der Waals surface area contributed by atoms with Crippen molar-refractivity contribution in [2.45, 2.75) is 25.9 Å². The number of aliphatic hydroxyl groups excluding tert-OH is 1. The van der Waals surface area contributed by atoms with Crippen LogP contribution in [0.4, 0.5) is 4.39 Å². The highest BCUT2D eigenvalue weighted by atomic mass is 35.5. The number of carbonyl (C=O) groups excluding carboxylic acids is 1. The number of nitrogens with zero attached hydrogens (tertiary/aromatic N) is 2. The molecule has 0 bridgehead atoms. The van der Waals surface area contributed by atoms with Crippen molar-refractivity contribution in [3.05, 3.63) is 33.7 Å². The molecule has 1 aliphatic rings. The number of aliphatic hydroxyl groups is 1. The normalized spacial score (nSPS) is 17.4. The quantitative estimate of drug-likeness (QED) is 0.844. The van der Waals surface area contributed by atoms with E-state index in [1.165, 1.54) is 6.07 Å². The predicted molar refractivity (Wildman–Crippen MR) is 78.8 cm³/mol. The van der Waals surface area contributed by atoms with Gasteiger partial charge in [0.05, 0.1) is 16.1 Å². The van der Waals surface area contributed by atoms with E-state index in [-0.39, 0.29) is 34.6 Å². The summed E-state index contributed by atoms with van der Waals surface area (Å²) in [7, 11) is 0. The second kappa shape index (κ2) is 5.27. The average molecular weight is 322 g/mol. The maximum Gasteiger partial charge on any atom is 0.248 e. The average Bonchev–Trinajstić information content (AvgIpc) is 2.86. The van der Waals surface area contributed by atoms with Gasteiger partial charge in [-0.05, 0) is 13.0 Å². The van der Waals surface area contributed by atoms with Crippen LogP contribution in [0.5, 0.6) is 0 Å². The molecule has 0 unspecified atom stereocenters. The Morgan fingerprint density at radius 3 is 3.05 bits per heavy atom. The number of rotatable bonds is 1. The minimum atomic E-state index is -0.655. The Kier molecular flexibility index (Phi) is 3.55. The van der Waals surface area contributed by atoms with Gasteiger partial charge in [-0.2, -0.15) is 5.26 Å². The number of hydrogen-bond donors (Lipinski definition) is 2. The number of amides is 1. The molecule has 2 heterocycles. The van der Waals surface area contributed by atoms with Crippen LogP contribution in [0, 0.1) is 17.1 Å². The largest absolute Gasteiger partial charge is 0.387 e. The molecule has 0 saturated heterocycles. The fraction of sp³-hybridized carbons (Fsp3) is 0.333. The molecule has 1 amide bonds. The first-order valence-corrected chi connectivity index (χ1v) is 7.17. The summed E-state index contributed by atoms with van der Waals surface area (Å²) in [6.45, 7) is 1.57. The predicted octanol–water partition coefficient (Wildman–Crippen LogP) is 2.10. The van der Waals surface area contributed by atoms with Gasteiger partial charge in [-0.1, -0.05) is 11.6 Å². The Morgan fingerprint density at radius 1 is 1.68 bits per heavy atom. The SMILES string of the molecule is C[C@@H]1Cc2[nH]c3c(F)c(Cl)c(C#N)cc3c2CN1C(=O)CO. The molecule has 3 rings (SSSR count). The third kappa shape index (κ3) is 2.05. The van der Waals surface area contributed by atoms with Gasteiger partial charge in [0.15, 0.2) is 5.82 Å². The van der Waals surface area contributed by atoms with Crippen molar-refractivity contribution in [3.8, 4) is 6.07 Å². The zero-order chi connectivity index (χ0) is 16.0. The molecule has 0 fully saturated rings. The molecule has 7 heteroatoms. The van der Waals surface area contributed by atoms with Crippen molar-refractivity contribution in [1.29, 1.82) is 5.26 Å². The molecule has 22 heavy (non-hydrogen) atoms. The zero-order valence-corrected chi connectivity index (χ0v) is 12.5. The number of halogens is 2. The number of benzene rings is 1. The minimum absolute atomic E-state index is 0.0622. The van der Waals surface area contributed by atoms with Gasteiger partial charge in [0.1, 0.15) is 12.7 Å². The number of hydrogen-bond acceptors (Lipinski definition) is 3. The Morgan fingerprint density at radius 2 is 2.41 bits per heavy atom. The molecule has 2 N–H and O–H groups in total. The van der Waals surface area contributed by atoms with Crippen molar-refractivity contribution >= 4 is 28.4 Å². The summed E-state index contributed by atoms with van der Waals surface area (Å²) < 4.78 is 14.3. The van der Waals surface area contributed by atoms with Crippen LogP contribution in [-0.2, 0) is 17.8 Å². The zero-order valence-electron chi connectivity index (χ0n) is 11.8. The van der Waals surface area contributed by atoms with E-state index >= 15 is 0 Å². The third-order valence-corrected chi connectivity index (χ3v) is 4.48. The highest BCUT2D eigenvalue weighted by molar-refractivity contribution is 6.32. The highest BCUT2D eigenvalue weighted by Gasteiger charge is 2.30. The molecule has 0 radical (unpaired) electrons. The molecular weight excluding hydrogens is 309 g/mol. The van der Waals surface area contributed by atoms with Gasteiger partial charge in [-0.3, -0.25) is 4.79 Å². The van der Waals surface area contributed by atoms with Crippen molar-refractivity contribution in [3.63, 3.8) is 0 Å². The number of carbonyl (C=O) groups is 1. The summed E-state index contributed by atoms with van der Waals surface area (Å²) in [5.74, 6) is -1.03. The Hall–Kier alpha value is -2.10. The van der Waals surface area contributed by atoms with E-state index in [1.54, 1.807) is 4.90 Å². The van der Waals surface area contributed by atoms with E-state index in [0.29, 0.717) is 11.8 Å². The summed E-state index contributed by atoms with van der Waals surface area (Å²) in [5.41, 5.74) is 1.91. The summed E-state index contributed by atoms with van der Waals surface area (Å²) in [6, 6.07) is 3.31. The molecule has 0 spiro atoms. The molecule has 0 saturated carbocycles. The standard InChI is InChI=1S/C15H13ClFN3O2/c1-7-2-11-10(5-20(7)12(22)6-21)9-3-8(4-18)13(16)14(17)15(9)19-11/h3,7,19,21H,2,5-6H2,1H3/t7-/m1/s1. The molecule has 1 aliphatic heterocycles. The van der Waals surface area contributed by atoms with Crippen molar-refractivity contribution in [2.24, 2.45) is 0 Å². The topological polar surface area (TPSA) is 80.1 Å². The van der Waals surface area contributed by atoms with Gasteiger partial charge in [0.25, 0.3) is 0 Å². The van der Waals surface area contributed by atoms with Gasteiger partial charge >= 0.3 is 0 Å². The van der Waals surface area contributed by atoms with Crippen LogP contribution in [0.2, 0.25) is 5.02 Å². The fourth-order valence-corrected chi connectivity index (χ4v) is 3.16. The minimum Gasteiger partial charge on any atom is -0.387 e. The molecular formula is C15H13ClFN3O2. The lowest BCUT2D eigenvalue weighted by atomic mass is 9.98. The lowest BCUT2D eigenvalue weighted by molar-refractivity contribution is -0.137. The van der Waals surface area contributed by atoms with Gasteiger partial charge in [-0.15, -0.1) is 0 Å². The Bertz CT molecular complexity index is 825. The molecule has 1 aromatic carbocycles. The molecule has 2 aromatic rings. The number of aromatic amines is 1. The Labute approximate surface area is 130 Å². The van der Waals surface area contributed by atoms with Crippen LogP contribution in [0.25, 0.3) is 10.9 Å². The summed E-state index contributed by atoms with van der Waals surface area (Å²) in [6.07, 6.45) is 0.523. The van der Waals surface area contributed by atoms with Crippen molar-refractivity contribution in [1.82, 2.24) is 9.88 Å². The Balaban J connectivity index is 2.20. The van der Waals surface area contributed by atoms with Crippen LogP contribution in [0.15, 0.2) is 6.07 Å². The van der Waals surface area contributed by atoms with Crippen molar-refractivity contribution < 1.29 is 14.3 Å². The van der Waals surface area contributed by atoms with Crippen LogP contribution >= 0.6 is 11.6 Å². The summed E-state index contributed by atoms with van der Waals surface area (Å²) in [5, 5.41) is 18.5. The number of aromatic nitrogens is 1. The number of nitrogens with one attached hydrogen (secondary N) is 1. The second-order valence-electron chi connectivity index (χ2n) is 5.40. The van der Waals surface area contributed by atoms with Gasteiger partial charge in [0, 0.05) is 35.7 Å². The first-order chi connectivity index (χ1) is 10.5. The van der Waals surface area contributed by atoms with Gasteiger partial charge in [-0.25, -0.2) is 4.39 Å². The van der Waals surface area contributed by atoms with E-state index in [9.17, 15) is 9.18 Å². The first-order valence-electron chi connectivity index (χ1n) is 6.79. The smallest absolute Gasteiger partial charge is 0.248 e. The van der Waals surface area contributed by atoms with E-state index in [0.717, 1.165) is 11.3 Å². The molecule has 1 atom stereocenters. The number of H-pyrrole nitrogens is 1. The van der Waals surface area contributed by atoms with Crippen LogP contribution < -0.4 is 0 Å². The second-order valence-corrected chi connectivity index (χ2v) is 5.78. The highest BCUT2D eigenvalue weighted by Crippen LogP contribution is 2.35. The van der Waals surface area contributed by atoms with Gasteiger partial charge < -0.3 is 15.0 Å². The molecule has 5 nitrogen and oxygen atoms in total. The fourth-order valence-electron chi connectivity index (χ4n) is 2.97. The maximum absolute atomic E-state index is 14.3. The lowest BCUT2D eigenvalue weighted by Crippen LogP contribution is -2.43. The number of nitriles is 1. The monoisotopic (exact) mass is 321 g/mol. The first kappa shape index (κ1) is 14.8. The van der Waals surface area contributed by atoms with Crippen LogP contribution in [0.1, 0.15) is 23.7 Å².